The molecule has 10 heavy (non-hydrogen) atoms. The molecule has 1 saturated carbocycles. The molecule has 3 nitrogen and oxygen atoms in total. The highest BCUT2D eigenvalue weighted by Gasteiger charge is 2.19. The second-order valence-electron chi connectivity index (χ2n) is 2.22. The van der Waals surface area contributed by atoms with Crippen LogP contribution in [0.15, 0.2) is 0 Å². The predicted molar refractivity (Wildman–Crippen MR) is 43.8 cm³/mol. The summed E-state index contributed by atoms with van der Waals surface area (Å²) < 4.78 is 4.86. The standard InChI is InChI=1S/C6H13NO.ClH.H2O/c1-8-5-4-7-6-2-3-6;;/h6-7H,2-5H2,1H3;1H;1H2. The molecule has 0 aliphatic heterocycles. The molecule has 1 fully saturated rings. The van der Waals surface area contributed by atoms with Gasteiger partial charge in [-0.2, -0.15) is 0 Å². The largest absolute Gasteiger partial charge is 0.412 e. The molecule has 0 atom stereocenters. The van der Waals surface area contributed by atoms with Gasteiger partial charge in [-0.1, -0.05) is 0 Å². The predicted octanol–water partition coefficient (Wildman–Crippen LogP) is -0.0181. The normalized spacial score (nSPS) is 15.3. The molecule has 1 aliphatic rings. The molecule has 4 heteroatoms. The Morgan fingerprint density at radius 2 is 2.10 bits per heavy atom. The van der Waals surface area contributed by atoms with Crippen molar-refractivity contribution < 1.29 is 10.2 Å². The number of ether oxygens (including phenoxy) is 1. The van der Waals surface area contributed by atoms with E-state index in [0.29, 0.717) is 0 Å². The lowest BCUT2D eigenvalue weighted by Crippen LogP contribution is -2.20. The maximum atomic E-state index is 4.86. The molecule has 0 radical (unpaired) electrons. The number of nitrogens with one attached hydrogen (secondary N) is 1. The third-order valence-electron chi connectivity index (χ3n) is 1.32. The Morgan fingerprint density at radius 1 is 1.50 bits per heavy atom. The van der Waals surface area contributed by atoms with E-state index in [-0.39, 0.29) is 17.9 Å². The zero-order chi connectivity index (χ0) is 5.82. The molecule has 0 bridgehead atoms. The summed E-state index contributed by atoms with van der Waals surface area (Å²) in [6.07, 6.45) is 2.73. The SMILES string of the molecule is COCCNC1CC1.Cl.O. The minimum atomic E-state index is 0. The summed E-state index contributed by atoms with van der Waals surface area (Å²) in [5, 5.41) is 3.33. The maximum absolute atomic E-state index is 4.86. The lowest BCUT2D eigenvalue weighted by molar-refractivity contribution is 0.199. The van der Waals surface area contributed by atoms with Crippen LogP contribution in [-0.4, -0.2) is 31.8 Å². The van der Waals surface area contributed by atoms with Crippen LogP contribution in [-0.2, 0) is 4.74 Å². The Labute approximate surface area is 67.9 Å². The summed E-state index contributed by atoms with van der Waals surface area (Å²) in [5.74, 6) is 0. The van der Waals surface area contributed by atoms with Gasteiger partial charge in [0.1, 0.15) is 0 Å². The summed E-state index contributed by atoms with van der Waals surface area (Å²) in [6, 6.07) is 0.824. The minimum Gasteiger partial charge on any atom is -0.412 e. The van der Waals surface area contributed by atoms with Crippen LogP contribution in [0.25, 0.3) is 0 Å². The van der Waals surface area contributed by atoms with E-state index in [0.717, 1.165) is 19.2 Å². The fourth-order valence-electron chi connectivity index (χ4n) is 0.653. The summed E-state index contributed by atoms with van der Waals surface area (Å²) >= 11 is 0. The highest BCUT2D eigenvalue weighted by atomic mass is 35.5. The van der Waals surface area contributed by atoms with Gasteiger partial charge in [0.2, 0.25) is 0 Å². The van der Waals surface area contributed by atoms with Gasteiger partial charge in [0.05, 0.1) is 6.61 Å². The summed E-state index contributed by atoms with van der Waals surface area (Å²) in [6.45, 7) is 1.86. The van der Waals surface area contributed by atoms with E-state index in [1.807, 2.05) is 0 Å². The van der Waals surface area contributed by atoms with Crippen molar-refractivity contribution in [1.29, 1.82) is 0 Å². The number of hydrogen-bond donors (Lipinski definition) is 1. The van der Waals surface area contributed by atoms with Crippen molar-refractivity contribution in [2.45, 2.75) is 18.9 Å². The number of rotatable bonds is 4. The van der Waals surface area contributed by atoms with Gasteiger partial charge in [0.15, 0.2) is 0 Å². The van der Waals surface area contributed by atoms with Crippen molar-refractivity contribution in [3.8, 4) is 0 Å². The first-order valence-electron chi connectivity index (χ1n) is 3.16. The van der Waals surface area contributed by atoms with Crippen LogP contribution >= 0.6 is 12.4 Å². The van der Waals surface area contributed by atoms with Gasteiger partial charge in [-0.25, -0.2) is 0 Å². The Bertz CT molecular complexity index is 68.8. The van der Waals surface area contributed by atoms with Crippen LogP contribution in [0.4, 0.5) is 0 Å². The van der Waals surface area contributed by atoms with Crippen molar-refractivity contribution in [3.05, 3.63) is 0 Å². The lowest BCUT2D eigenvalue weighted by Gasteiger charge is -1.98. The number of hydrogen-bond acceptors (Lipinski definition) is 2. The monoisotopic (exact) mass is 169 g/mol. The molecule has 0 aromatic heterocycles. The van der Waals surface area contributed by atoms with Crippen LogP contribution in [0.1, 0.15) is 12.8 Å². The average Bonchev–Trinajstić information content (AvgIpc) is 2.51. The molecule has 0 aromatic carbocycles. The molecule has 0 amide bonds. The first kappa shape index (κ1) is 12.8. The van der Waals surface area contributed by atoms with E-state index >= 15 is 0 Å². The Morgan fingerprint density at radius 3 is 2.50 bits per heavy atom. The van der Waals surface area contributed by atoms with E-state index in [4.69, 9.17) is 4.74 Å². The van der Waals surface area contributed by atoms with Crippen LogP contribution < -0.4 is 5.32 Å². The highest BCUT2D eigenvalue weighted by molar-refractivity contribution is 5.85. The average molecular weight is 170 g/mol. The Balaban J connectivity index is 0. The maximum Gasteiger partial charge on any atom is 0.0587 e. The molecule has 1 rings (SSSR count). The minimum absolute atomic E-state index is 0. The van der Waals surface area contributed by atoms with Gasteiger partial charge in [-0.05, 0) is 12.8 Å². The second kappa shape index (κ2) is 7.28. The molecule has 3 N–H and O–H groups in total. The molecule has 0 aromatic rings. The molecule has 64 valence electrons. The third kappa shape index (κ3) is 6.29. The molecular weight excluding hydrogens is 154 g/mol. The molecule has 1 aliphatic carbocycles. The van der Waals surface area contributed by atoms with E-state index in [1.54, 1.807) is 7.11 Å². The van der Waals surface area contributed by atoms with Crippen molar-refractivity contribution in [2.24, 2.45) is 0 Å². The van der Waals surface area contributed by atoms with Gasteiger partial charge in [-0.3, -0.25) is 0 Å². The van der Waals surface area contributed by atoms with Gasteiger partial charge < -0.3 is 15.5 Å². The number of methoxy groups -OCH3 is 1. The second-order valence-corrected chi connectivity index (χ2v) is 2.22. The zero-order valence-electron chi connectivity index (χ0n) is 6.22. The van der Waals surface area contributed by atoms with E-state index in [2.05, 4.69) is 5.32 Å². The van der Waals surface area contributed by atoms with Crippen molar-refractivity contribution in [3.63, 3.8) is 0 Å². The van der Waals surface area contributed by atoms with E-state index < -0.39 is 0 Å². The molecular formula is C6H16ClNO2. The quantitative estimate of drug-likeness (QED) is 0.602. The Hall–Kier alpha value is 0.170. The first-order valence-corrected chi connectivity index (χ1v) is 3.16. The van der Waals surface area contributed by atoms with Crippen molar-refractivity contribution >= 4 is 12.4 Å². The lowest BCUT2D eigenvalue weighted by atomic mass is 10.6. The molecule has 0 unspecified atom stereocenters. The van der Waals surface area contributed by atoms with Crippen LogP contribution in [0.3, 0.4) is 0 Å². The van der Waals surface area contributed by atoms with Crippen LogP contribution in [0, 0.1) is 0 Å². The van der Waals surface area contributed by atoms with E-state index in [1.165, 1.54) is 12.8 Å². The fourth-order valence-corrected chi connectivity index (χ4v) is 0.653. The molecule has 0 heterocycles. The van der Waals surface area contributed by atoms with Gasteiger partial charge in [-0.15, -0.1) is 12.4 Å². The van der Waals surface area contributed by atoms with Crippen LogP contribution in [0.2, 0.25) is 0 Å². The topological polar surface area (TPSA) is 52.8 Å². The van der Waals surface area contributed by atoms with Crippen LogP contribution in [0.5, 0.6) is 0 Å². The first-order chi connectivity index (χ1) is 3.93. The third-order valence-corrected chi connectivity index (χ3v) is 1.32. The van der Waals surface area contributed by atoms with Crippen molar-refractivity contribution in [1.82, 2.24) is 5.32 Å². The van der Waals surface area contributed by atoms with Gasteiger partial charge in [0.25, 0.3) is 0 Å². The highest BCUT2D eigenvalue weighted by Crippen LogP contribution is 2.17. The van der Waals surface area contributed by atoms with Gasteiger partial charge >= 0.3 is 0 Å². The fraction of sp³-hybridized carbons (Fsp3) is 1.00. The number of halogens is 1. The molecule has 0 spiro atoms. The summed E-state index contributed by atoms with van der Waals surface area (Å²) in [7, 11) is 1.73. The van der Waals surface area contributed by atoms with E-state index in [9.17, 15) is 0 Å². The van der Waals surface area contributed by atoms with Crippen molar-refractivity contribution in [2.75, 3.05) is 20.3 Å². The smallest absolute Gasteiger partial charge is 0.0587 e. The summed E-state index contributed by atoms with van der Waals surface area (Å²) in [5.41, 5.74) is 0. The molecule has 0 saturated heterocycles. The summed E-state index contributed by atoms with van der Waals surface area (Å²) in [4.78, 5) is 0. The van der Waals surface area contributed by atoms with Gasteiger partial charge in [0, 0.05) is 19.7 Å². The Kier molecular flexibility index (Phi) is 9.33. The zero-order valence-corrected chi connectivity index (χ0v) is 7.04.